The van der Waals surface area contributed by atoms with Crippen molar-refractivity contribution in [2.24, 2.45) is 5.73 Å². The summed E-state index contributed by atoms with van der Waals surface area (Å²) in [4.78, 5) is 15.5. The highest BCUT2D eigenvalue weighted by molar-refractivity contribution is 7.92. The van der Waals surface area contributed by atoms with E-state index in [9.17, 15) is 26.4 Å². The van der Waals surface area contributed by atoms with Crippen LogP contribution in [0, 0.1) is 6.92 Å². The number of benzene rings is 3. The molecule has 0 aromatic heterocycles. The number of nitrogens with zero attached hydrogens (tertiary/aromatic N) is 3. The van der Waals surface area contributed by atoms with Crippen LogP contribution in [0.3, 0.4) is 0 Å². The van der Waals surface area contributed by atoms with Crippen LogP contribution >= 0.6 is 11.6 Å². The molecule has 0 unspecified atom stereocenters. The molecule has 2 amide bonds. The Morgan fingerprint density at radius 3 is 2.45 bits per heavy atom. The Balaban J connectivity index is 1.59. The van der Waals surface area contributed by atoms with E-state index < -0.39 is 27.8 Å². The number of rotatable bonds is 4. The van der Waals surface area contributed by atoms with Crippen molar-refractivity contribution >= 4 is 51.2 Å². The smallest absolute Gasteiger partial charge is 0.361 e. The van der Waals surface area contributed by atoms with Crippen molar-refractivity contribution in [3.8, 4) is 0 Å². The highest BCUT2D eigenvalue weighted by Gasteiger charge is 2.40. The van der Waals surface area contributed by atoms with E-state index in [1.165, 1.54) is 39.6 Å². The number of nitrogens with two attached hydrogens (primary N) is 1. The number of primary amides is 1. The number of fused-ring (bicyclic) bond motifs is 3. The zero-order chi connectivity index (χ0) is 28.8. The van der Waals surface area contributed by atoms with Gasteiger partial charge in [-0.05, 0) is 54.4 Å². The number of carbonyl (C=O) groups excluding carboxylic acids is 1. The topological polar surface area (TPSA) is 87.0 Å². The first-order valence-corrected chi connectivity index (χ1v) is 14.3. The molecule has 0 bridgehead atoms. The van der Waals surface area contributed by atoms with E-state index in [0.717, 1.165) is 11.6 Å². The largest absolute Gasteiger partial charge is 0.417 e. The molecule has 2 aliphatic heterocycles. The summed E-state index contributed by atoms with van der Waals surface area (Å²) in [5.41, 5.74) is 6.76. The minimum absolute atomic E-state index is 0.0529. The number of urea groups is 1. The van der Waals surface area contributed by atoms with Gasteiger partial charge in [0.15, 0.2) is 0 Å². The fourth-order valence-corrected chi connectivity index (χ4v) is 7.02. The van der Waals surface area contributed by atoms with Gasteiger partial charge in [0.2, 0.25) is 0 Å². The van der Waals surface area contributed by atoms with Crippen molar-refractivity contribution in [3.63, 3.8) is 0 Å². The van der Waals surface area contributed by atoms with Crippen molar-refractivity contribution < 1.29 is 26.4 Å². The van der Waals surface area contributed by atoms with Crippen LogP contribution in [0.2, 0.25) is 5.02 Å². The molecule has 40 heavy (non-hydrogen) atoms. The van der Waals surface area contributed by atoms with Crippen LogP contribution < -0.4 is 14.9 Å². The predicted molar refractivity (Wildman–Crippen MR) is 150 cm³/mol. The van der Waals surface area contributed by atoms with Gasteiger partial charge in [0.05, 0.1) is 34.4 Å². The average Bonchev–Trinajstić information content (AvgIpc) is 2.90. The van der Waals surface area contributed by atoms with E-state index in [-0.39, 0.29) is 34.6 Å². The summed E-state index contributed by atoms with van der Waals surface area (Å²) in [6.45, 7) is 2.93. The van der Waals surface area contributed by atoms with E-state index in [1.807, 2.05) is 4.90 Å². The standard InChI is InChI=1S/C28H26ClF3N4O3S/c1-18-4-2-5-21(14-18)40(38,39)36-17-20-16-34(27(33)37)12-13-35(20)25-11-9-19(15-26(25)36)8-10-22-23(28(30,31)32)6-3-7-24(22)29/h2-11,14-15,20H,12-13,16-17H2,1H3,(H2,33,37)/b10-8+/t20-/m0/s1. The molecule has 210 valence electrons. The first-order chi connectivity index (χ1) is 18.9. The quantitative estimate of drug-likeness (QED) is 0.400. The van der Waals surface area contributed by atoms with Crippen molar-refractivity contribution in [1.82, 2.24) is 4.90 Å². The first-order valence-electron chi connectivity index (χ1n) is 12.4. The van der Waals surface area contributed by atoms with Crippen molar-refractivity contribution in [2.75, 3.05) is 35.4 Å². The lowest BCUT2D eigenvalue weighted by Crippen LogP contribution is -2.62. The Labute approximate surface area is 235 Å². The molecular formula is C28H26ClF3N4O3S. The Kier molecular flexibility index (Phi) is 7.22. The number of carbonyl (C=O) groups is 1. The van der Waals surface area contributed by atoms with E-state index >= 15 is 0 Å². The highest BCUT2D eigenvalue weighted by atomic mass is 35.5. The monoisotopic (exact) mass is 590 g/mol. The number of piperazine rings is 1. The molecule has 5 rings (SSSR count). The summed E-state index contributed by atoms with van der Waals surface area (Å²) in [5.74, 6) is 0. The maximum atomic E-state index is 13.9. The van der Waals surface area contributed by atoms with Crippen LogP contribution in [-0.4, -0.2) is 51.6 Å². The summed E-state index contributed by atoms with van der Waals surface area (Å²) in [6.07, 6.45) is -1.84. The van der Waals surface area contributed by atoms with Gasteiger partial charge in [-0.25, -0.2) is 13.2 Å². The van der Waals surface area contributed by atoms with Gasteiger partial charge >= 0.3 is 12.2 Å². The van der Waals surface area contributed by atoms with Crippen LogP contribution in [0.4, 0.5) is 29.3 Å². The zero-order valence-corrected chi connectivity index (χ0v) is 23.0. The molecule has 3 aromatic rings. The second-order valence-electron chi connectivity index (χ2n) is 9.76. The van der Waals surface area contributed by atoms with Gasteiger partial charge in [-0.1, -0.05) is 48.0 Å². The summed E-state index contributed by atoms with van der Waals surface area (Å²) >= 11 is 6.11. The lowest BCUT2D eigenvalue weighted by Gasteiger charge is -2.48. The summed E-state index contributed by atoms with van der Waals surface area (Å²) < 4.78 is 69.9. The van der Waals surface area contributed by atoms with Crippen LogP contribution in [0.5, 0.6) is 0 Å². The molecule has 0 radical (unpaired) electrons. The molecular weight excluding hydrogens is 565 g/mol. The number of anilines is 2. The first kappa shape index (κ1) is 27.9. The number of alkyl halides is 3. The normalized spacial score (nSPS) is 17.6. The summed E-state index contributed by atoms with van der Waals surface area (Å²) in [6, 6.07) is 14.3. The van der Waals surface area contributed by atoms with Gasteiger partial charge in [-0.2, -0.15) is 13.2 Å². The van der Waals surface area contributed by atoms with Gasteiger partial charge < -0.3 is 15.5 Å². The number of amides is 2. The second kappa shape index (κ2) is 10.4. The molecule has 0 saturated carbocycles. The molecule has 0 aliphatic carbocycles. The molecule has 3 aromatic carbocycles. The van der Waals surface area contributed by atoms with Crippen LogP contribution in [0.15, 0.2) is 65.6 Å². The number of hydrogen-bond acceptors (Lipinski definition) is 4. The third-order valence-electron chi connectivity index (χ3n) is 7.13. The van der Waals surface area contributed by atoms with Crippen molar-refractivity contribution in [1.29, 1.82) is 0 Å². The SMILES string of the molecule is Cc1cccc(S(=O)(=O)N2C[C@@H]3CN(C(N)=O)CCN3c3ccc(/C=C/c4c(Cl)cccc4C(F)(F)F)cc32)c1. The van der Waals surface area contributed by atoms with Crippen LogP contribution in [-0.2, 0) is 16.2 Å². The van der Waals surface area contributed by atoms with Gasteiger partial charge in [0.1, 0.15) is 0 Å². The lowest BCUT2D eigenvalue weighted by molar-refractivity contribution is -0.137. The maximum Gasteiger partial charge on any atom is 0.417 e. The minimum Gasteiger partial charge on any atom is -0.361 e. The van der Waals surface area contributed by atoms with Gasteiger partial charge in [-0.3, -0.25) is 4.31 Å². The molecule has 2 heterocycles. The van der Waals surface area contributed by atoms with Crippen LogP contribution in [0.1, 0.15) is 22.3 Å². The maximum absolute atomic E-state index is 13.9. The third kappa shape index (κ3) is 5.23. The fourth-order valence-electron chi connectivity index (χ4n) is 5.17. The van der Waals surface area contributed by atoms with Crippen molar-refractivity contribution in [3.05, 3.63) is 87.9 Å². The Bertz CT molecular complexity index is 1610. The zero-order valence-electron chi connectivity index (χ0n) is 21.4. The van der Waals surface area contributed by atoms with E-state index in [0.29, 0.717) is 30.0 Å². The fraction of sp³-hybridized carbons (Fsp3) is 0.250. The molecule has 12 heteroatoms. The highest BCUT2D eigenvalue weighted by Crippen LogP contribution is 2.41. The van der Waals surface area contributed by atoms with E-state index in [1.54, 1.807) is 43.3 Å². The minimum atomic E-state index is -4.60. The second-order valence-corrected chi connectivity index (χ2v) is 12.0. The summed E-state index contributed by atoms with van der Waals surface area (Å²) in [7, 11) is -4.02. The van der Waals surface area contributed by atoms with Gasteiger partial charge in [0, 0.05) is 30.2 Å². The number of sulfonamides is 1. The van der Waals surface area contributed by atoms with Crippen LogP contribution in [0.25, 0.3) is 12.2 Å². The molecule has 1 atom stereocenters. The molecule has 2 aliphatic rings. The van der Waals surface area contributed by atoms with Gasteiger partial charge in [0.25, 0.3) is 10.0 Å². The number of hydrogen-bond donors (Lipinski definition) is 1. The Morgan fingerprint density at radius 2 is 1.75 bits per heavy atom. The molecule has 1 saturated heterocycles. The van der Waals surface area contributed by atoms with E-state index in [2.05, 4.69) is 0 Å². The molecule has 2 N–H and O–H groups in total. The Morgan fingerprint density at radius 1 is 1.00 bits per heavy atom. The predicted octanol–water partition coefficient (Wildman–Crippen LogP) is 5.62. The number of halogens is 4. The van der Waals surface area contributed by atoms with Crippen molar-refractivity contribution in [2.45, 2.75) is 24.0 Å². The Hall–Kier alpha value is -3.70. The lowest BCUT2D eigenvalue weighted by atomic mass is 10.0. The average molecular weight is 591 g/mol. The molecule has 1 fully saturated rings. The molecule has 0 spiro atoms. The third-order valence-corrected chi connectivity index (χ3v) is 9.23. The van der Waals surface area contributed by atoms with E-state index in [4.69, 9.17) is 17.3 Å². The molecule has 7 nitrogen and oxygen atoms in total. The van der Waals surface area contributed by atoms with Gasteiger partial charge in [-0.15, -0.1) is 0 Å². The summed E-state index contributed by atoms with van der Waals surface area (Å²) in [5, 5.41) is -0.0529. The number of aryl methyl sites for hydroxylation is 1.